The summed E-state index contributed by atoms with van der Waals surface area (Å²) in [7, 11) is 1.59. The van der Waals surface area contributed by atoms with Crippen LogP contribution in [0.3, 0.4) is 0 Å². The van der Waals surface area contributed by atoms with Gasteiger partial charge in [0.15, 0.2) is 0 Å². The molecule has 2 aromatic rings. The topological polar surface area (TPSA) is 51.7 Å². The Labute approximate surface area is 164 Å². The molecule has 1 amide bonds. The second-order valence-electron chi connectivity index (χ2n) is 6.43. The Kier molecular flexibility index (Phi) is 6.85. The van der Waals surface area contributed by atoms with Gasteiger partial charge in [0.25, 0.3) is 0 Å². The van der Waals surface area contributed by atoms with Crippen LogP contribution >= 0.6 is 11.6 Å². The second kappa shape index (κ2) is 9.53. The number of rotatable bonds is 7. The quantitative estimate of drug-likeness (QED) is 0.676. The number of hydrogen-bond acceptors (Lipinski definition) is 4. The standard InChI is InChI=1S/C21H23ClN2O3/c1-26-20-8-7-18(22)12-17(20)6-9-21(25)24(15-19-5-3-11-27-19)14-16-4-2-10-23-13-16/h2,4,6-10,12-13,19H,3,5,11,14-15H2,1H3. The Bertz CT molecular complexity index is 789. The minimum Gasteiger partial charge on any atom is -0.496 e. The van der Waals surface area contributed by atoms with E-state index in [0.717, 1.165) is 30.6 Å². The van der Waals surface area contributed by atoms with E-state index in [1.165, 1.54) is 0 Å². The number of carbonyl (C=O) groups is 1. The highest BCUT2D eigenvalue weighted by Gasteiger charge is 2.21. The highest BCUT2D eigenvalue weighted by Crippen LogP contribution is 2.24. The van der Waals surface area contributed by atoms with Crippen molar-refractivity contribution in [1.29, 1.82) is 0 Å². The van der Waals surface area contributed by atoms with Crippen molar-refractivity contribution in [3.05, 3.63) is 65.0 Å². The predicted octanol–water partition coefficient (Wildman–Crippen LogP) is 3.96. The number of ether oxygens (including phenoxy) is 2. The van der Waals surface area contributed by atoms with Crippen LogP contribution < -0.4 is 4.74 Å². The van der Waals surface area contributed by atoms with Crippen LogP contribution in [0, 0.1) is 0 Å². The number of aromatic nitrogens is 1. The molecule has 2 heterocycles. The summed E-state index contributed by atoms with van der Waals surface area (Å²) in [6, 6.07) is 9.15. The second-order valence-corrected chi connectivity index (χ2v) is 6.87. The molecule has 27 heavy (non-hydrogen) atoms. The molecule has 0 bridgehead atoms. The Morgan fingerprint density at radius 3 is 3.04 bits per heavy atom. The molecular formula is C21H23ClN2O3. The van der Waals surface area contributed by atoms with Crippen molar-refractivity contribution >= 4 is 23.6 Å². The largest absolute Gasteiger partial charge is 0.496 e. The summed E-state index contributed by atoms with van der Waals surface area (Å²) in [6.07, 6.45) is 8.89. The summed E-state index contributed by atoms with van der Waals surface area (Å²) in [6.45, 7) is 1.81. The average Bonchev–Trinajstić information content (AvgIpc) is 3.19. The van der Waals surface area contributed by atoms with Gasteiger partial charge in [0.1, 0.15) is 5.75 Å². The molecule has 1 atom stereocenters. The highest BCUT2D eigenvalue weighted by atomic mass is 35.5. The predicted molar refractivity (Wildman–Crippen MR) is 106 cm³/mol. The molecule has 1 aliphatic rings. The van der Waals surface area contributed by atoms with Crippen LogP contribution in [0.4, 0.5) is 0 Å². The van der Waals surface area contributed by atoms with Crippen LogP contribution in [-0.4, -0.2) is 42.2 Å². The molecule has 1 saturated heterocycles. The van der Waals surface area contributed by atoms with Gasteiger partial charge in [-0.1, -0.05) is 17.7 Å². The Morgan fingerprint density at radius 2 is 2.33 bits per heavy atom. The maximum Gasteiger partial charge on any atom is 0.246 e. The molecule has 0 saturated carbocycles. The van der Waals surface area contributed by atoms with Gasteiger partial charge >= 0.3 is 0 Å². The van der Waals surface area contributed by atoms with Crippen molar-refractivity contribution < 1.29 is 14.3 Å². The lowest BCUT2D eigenvalue weighted by Crippen LogP contribution is -2.35. The van der Waals surface area contributed by atoms with Gasteiger partial charge in [-0.25, -0.2) is 0 Å². The van der Waals surface area contributed by atoms with Gasteiger partial charge < -0.3 is 14.4 Å². The molecule has 0 radical (unpaired) electrons. The summed E-state index contributed by atoms with van der Waals surface area (Å²) in [4.78, 5) is 18.8. The van der Waals surface area contributed by atoms with Crippen molar-refractivity contribution in [2.45, 2.75) is 25.5 Å². The number of benzene rings is 1. The number of nitrogens with zero attached hydrogens (tertiary/aromatic N) is 2. The van der Waals surface area contributed by atoms with Crippen LogP contribution in [0.2, 0.25) is 5.02 Å². The summed E-state index contributed by atoms with van der Waals surface area (Å²) in [5.74, 6) is 0.581. The van der Waals surface area contributed by atoms with Crippen molar-refractivity contribution in [1.82, 2.24) is 9.88 Å². The lowest BCUT2D eigenvalue weighted by atomic mass is 10.1. The van der Waals surface area contributed by atoms with E-state index in [9.17, 15) is 4.79 Å². The molecule has 1 aromatic carbocycles. The minimum atomic E-state index is -0.0867. The number of pyridine rings is 1. The van der Waals surface area contributed by atoms with Gasteiger partial charge in [0, 0.05) is 48.8 Å². The van der Waals surface area contributed by atoms with E-state index in [4.69, 9.17) is 21.1 Å². The zero-order valence-electron chi connectivity index (χ0n) is 15.3. The molecule has 3 rings (SSSR count). The van der Waals surface area contributed by atoms with Gasteiger partial charge in [-0.2, -0.15) is 0 Å². The minimum absolute atomic E-state index is 0.0831. The Hall–Kier alpha value is -2.37. The summed E-state index contributed by atoms with van der Waals surface area (Å²) in [5.41, 5.74) is 1.74. The van der Waals surface area contributed by atoms with Gasteiger partial charge in [0.2, 0.25) is 5.91 Å². The van der Waals surface area contributed by atoms with E-state index < -0.39 is 0 Å². The lowest BCUT2D eigenvalue weighted by Gasteiger charge is -2.24. The lowest BCUT2D eigenvalue weighted by molar-refractivity contribution is -0.128. The first-order chi connectivity index (χ1) is 13.2. The first-order valence-corrected chi connectivity index (χ1v) is 9.34. The molecule has 0 N–H and O–H groups in total. The molecule has 1 aliphatic heterocycles. The fraction of sp³-hybridized carbons (Fsp3) is 0.333. The van der Waals surface area contributed by atoms with Crippen molar-refractivity contribution in [3.8, 4) is 5.75 Å². The Morgan fingerprint density at radius 1 is 1.44 bits per heavy atom. The number of methoxy groups -OCH3 is 1. The van der Waals surface area contributed by atoms with E-state index >= 15 is 0 Å². The molecule has 1 unspecified atom stereocenters. The number of hydrogen-bond donors (Lipinski definition) is 0. The Balaban J connectivity index is 1.76. The maximum atomic E-state index is 12.9. The number of amides is 1. The van der Waals surface area contributed by atoms with E-state index in [1.54, 1.807) is 54.8 Å². The molecule has 1 fully saturated rings. The first-order valence-electron chi connectivity index (χ1n) is 8.97. The van der Waals surface area contributed by atoms with E-state index in [0.29, 0.717) is 23.9 Å². The van der Waals surface area contributed by atoms with Crippen molar-refractivity contribution in [2.75, 3.05) is 20.3 Å². The van der Waals surface area contributed by atoms with Gasteiger partial charge in [0.05, 0.1) is 13.2 Å². The third-order valence-electron chi connectivity index (χ3n) is 4.45. The molecule has 1 aromatic heterocycles. The van der Waals surface area contributed by atoms with Gasteiger partial charge in [-0.05, 0) is 48.7 Å². The van der Waals surface area contributed by atoms with Crippen LogP contribution in [-0.2, 0) is 16.1 Å². The first kappa shape index (κ1) is 19.4. The normalized spacial score (nSPS) is 16.6. The smallest absolute Gasteiger partial charge is 0.246 e. The number of halogens is 1. The zero-order valence-corrected chi connectivity index (χ0v) is 16.1. The molecule has 6 heteroatoms. The third-order valence-corrected chi connectivity index (χ3v) is 4.69. The molecule has 0 spiro atoms. The summed E-state index contributed by atoms with van der Waals surface area (Å²) in [5, 5.41) is 0.592. The van der Waals surface area contributed by atoms with E-state index in [2.05, 4.69) is 4.98 Å². The van der Waals surface area contributed by atoms with Crippen LogP contribution in [0.25, 0.3) is 6.08 Å². The average molecular weight is 387 g/mol. The third kappa shape index (κ3) is 5.55. The fourth-order valence-electron chi connectivity index (χ4n) is 3.08. The zero-order chi connectivity index (χ0) is 19.1. The van der Waals surface area contributed by atoms with Crippen LogP contribution in [0.15, 0.2) is 48.8 Å². The molecule has 0 aliphatic carbocycles. The van der Waals surface area contributed by atoms with Crippen LogP contribution in [0.1, 0.15) is 24.0 Å². The van der Waals surface area contributed by atoms with Gasteiger partial charge in [-0.3, -0.25) is 9.78 Å². The maximum absolute atomic E-state index is 12.9. The van der Waals surface area contributed by atoms with Gasteiger partial charge in [-0.15, -0.1) is 0 Å². The van der Waals surface area contributed by atoms with Crippen LogP contribution in [0.5, 0.6) is 5.75 Å². The highest BCUT2D eigenvalue weighted by molar-refractivity contribution is 6.30. The van der Waals surface area contributed by atoms with E-state index in [-0.39, 0.29) is 12.0 Å². The SMILES string of the molecule is COc1ccc(Cl)cc1C=CC(=O)N(Cc1cccnc1)CC1CCCO1. The van der Waals surface area contributed by atoms with Crippen molar-refractivity contribution in [2.24, 2.45) is 0 Å². The van der Waals surface area contributed by atoms with E-state index in [1.807, 2.05) is 12.1 Å². The summed E-state index contributed by atoms with van der Waals surface area (Å²) < 4.78 is 11.0. The fourth-order valence-corrected chi connectivity index (χ4v) is 3.26. The molecule has 5 nitrogen and oxygen atoms in total. The summed E-state index contributed by atoms with van der Waals surface area (Å²) >= 11 is 6.06. The van der Waals surface area contributed by atoms with Crippen molar-refractivity contribution in [3.63, 3.8) is 0 Å². The molecular weight excluding hydrogens is 364 g/mol. The molecule has 142 valence electrons. The monoisotopic (exact) mass is 386 g/mol. The number of carbonyl (C=O) groups excluding carboxylic acids is 1.